The second-order valence-electron chi connectivity index (χ2n) is 4.42. The topological polar surface area (TPSA) is 60.2 Å². The van der Waals surface area contributed by atoms with Crippen LogP contribution < -0.4 is 11.1 Å². The van der Waals surface area contributed by atoms with E-state index in [1.165, 1.54) is 0 Å². The van der Waals surface area contributed by atoms with Gasteiger partial charge < -0.3 is 15.8 Å². The molecule has 0 saturated heterocycles. The number of nitrogens with one attached hydrogen (secondary N) is 1. The van der Waals surface area contributed by atoms with E-state index in [-0.39, 0.29) is 12.1 Å². The monoisotopic (exact) mass is 251 g/mol. The second kappa shape index (κ2) is 7.34. The molecule has 0 aromatic carbocycles. The summed E-state index contributed by atoms with van der Waals surface area (Å²) in [6.45, 7) is 9.85. The first-order chi connectivity index (χ1) is 8.63. The smallest absolute Gasteiger partial charge is 0.128 e. The SMILES string of the molecule is CCNC(c1cc(C)cnc1N)C(CC)OCC. The van der Waals surface area contributed by atoms with E-state index in [2.05, 4.69) is 30.2 Å². The molecule has 0 bridgehead atoms. The van der Waals surface area contributed by atoms with Crippen molar-refractivity contribution in [3.05, 3.63) is 23.4 Å². The number of rotatable bonds is 7. The molecule has 3 N–H and O–H groups in total. The van der Waals surface area contributed by atoms with Gasteiger partial charge >= 0.3 is 0 Å². The van der Waals surface area contributed by atoms with Crippen LogP contribution in [-0.2, 0) is 4.74 Å². The van der Waals surface area contributed by atoms with Crippen molar-refractivity contribution in [1.82, 2.24) is 10.3 Å². The van der Waals surface area contributed by atoms with E-state index in [4.69, 9.17) is 10.5 Å². The van der Waals surface area contributed by atoms with Crippen molar-refractivity contribution < 1.29 is 4.74 Å². The largest absolute Gasteiger partial charge is 0.383 e. The van der Waals surface area contributed by atoms with Gasteiger partial charge in [0.2, 0.25) is 0 Å². The molecule has 18 heavy (non-hydrogen) atoms. The summed E-state index contributed by atoms with van der Waals surface area (Å²) in [5.74, 6) is 0.588. The molecule has 0 fully saturated rings. The van der Waals surface area contributed by atoms with Crippen LogP contribution in [0.1, 0.15) is 44.4 Å². The highest BCUT2D eigenvalue weighted by Gasteiger charge is 2.23. The molecule has 0 radical (unpaired) electrons. The number of nitrogens with two attached hydrogens (primary N) is 1. The van der Waals surface area contributed by atoms with Crippen LogP contribution in [-0.4, -0.2) is 24.2 Å². The number of ether oxygens (including phenoxy) is 1. The number of anilines is 1. The molecule has 0 saturated carbocycles. The summed E-state index contributed by atoms with van der Waals surface area (Å²) in [5.41, 5.74) is 8.16. The quantitative estimate of drug-likeness (QED) is 0.781. The molecule has 4 heteroatoms. The Morgan fingerprint density at radius 3 is 2.67 bits per heavy atom. The number of pyridine rings is 1. The molecule has 4 nitrogen and oxygen atoms in total. The molecule has 0 aliphatic rings. The van der Waals surface area contributed by atoms with Crippen LogP contribution in [0.15, 0.2) is 12.3 Å². The molecular formula is C14H25N3O. The highest BCUT2D eigenvalue weighted by atomic mass is 16.5. The Morgan fingerprint density at radius 2 is 2.11 bits per heavy atom. The van der Waals surface area contributed by atoms with Crippen molar-refractivity contribution in [3.8, 4) is 0 Å². The molecule has 2 unspecified atom stereocenters. The summed E-state index contributed by atoms with van der Waals surface area (Å²) < 4.78 is 5.81. The van der Waals surface area contributed by atoms with Crippen molar-refractivity contribution in [2.24, 2.45) is 0 Å². The van der Waals surface area contributed by atoms with Crippen LogP contribution in [0.3, 0.4) is 0 Å². The van der Waals surface area contributed by atoms with Gasteiger partial charge in [-0.3, -0.25) is 0 Å². The molecule has 0 aliphatic carbocycles. The zero-order chi connectivity index (χ0) is 13.5. The zero-order valence-corrected chi connectivity index (χ0v) is 11.9. The van der Waals surface area contributed by atoms with E-state index in [0.29, 0.717) is 12.4 Å². The summed E-state index contributed by atoms with van der Waals surface area (Å²) in [6, 6.07) is 2.20. The number of aryl methyl sites for hydroxylation is 1. The maximum atomic E-state index is 6.00. The van der Waals surface area contributed by atoms with Crippen LogP contribution in [0.25, 0.3) is 0 Å². The van der Waals surface area contributed by atoms with Crippen molar-refractivity contribution in [3.63, 3.8) is 0 Å². The normalized spacial score (nSPS) is 14.4. The third-order valence-electron chi connectivity index (χ3n) is 3.00. The van der Waals surface area contributed by atoms with Gasteiger partial charge in [0, 0.05) is 18.4 Å². The number of nitrogens with zero attached hydrogens (tertiary/aromatic N) is 1. The Balaban J connectivity index is 3.05. The number of likely N-dealkylation sites (N-methyl/N-ethyl adjacent to an activating group) is 1. The van der Waals surface area contributed by atoms with Crippen LogP contribution in [0.5, 0.6) is 0 Å². The number of hydrogen-bond acceptors (Lipinski definition) is 4. The lowest BCUT2D eigenvalue weighted by Gasteiger charge is -2.28. The third-order valence-corrected chi connectivity index (χ3v) is 3.00. The summed E-state index contributed by atoms with van der Waals surface area (Å²) in [6.07, 6.45) is 2.86. The van der Waals surface area contributed by atoms with Gasteiger partial charge in [-0.1, -0.05) is 13.8 Å². The number of nitrogen functional groups attached to an aromatic ring is 1. The van der Waals surface area contributed by atoms with Crippen molar-refractivity contribution >= 4 is 5.82 Å². The molecule has 0 amide bonds. The number of hydrogen-bond donors (Lipinski definition) is 2. The van der Waals surface area contributed by atoms with Crippen molar-refractivity contribution in [1.29, 1.82) is 0 Å². The minimum Gasteiger partial charge on any atom is -0.383 e. The van der Waals surface area contributed by atoms with Crippen molar-refractivity contribution in [2.45, 2.75) is 46.3 Å². The maximum absolute atomic E-state index is 6.00. The minimum absolute atomic E-state index is 0.104. The highest BCUT2D eigenvalue weighted by Crippen LogP contribution is 2.26. The van der Waals surface area contributed by atoms with Gasteiger partial charge in [0.15, 0.2) is 0 Å². The molecule has 0 aliphatic heterocycles. The lowest BCUT2D eigenvalue weighted by molar-refractivity contribution is 0.0319. The average molecular weight is 251 g/mol. The van der Waals surface area contributed by atoms with Gasteiger partial charge in [0.1, 0.15) is 5.82 Å². The Bertz CT molecular complexity index is 368. The van der Waals surface area contributed by atoms with Crippen molar-refractivity contribution in [2.75, 3.05) is 18.9 Å². The molecule has 102 valence electrons. The average Bonchev–Trinajstić information content (AvgIpc) is 2.37. The first kappa shape index (κ1) is 14.9. The Labute approximate surface area is 110 Å². The van der Waals surface area contributed by atoms with E-state index in [9.17, 15) is 0 Å². The van der Waals surface area contributed by atoms with Crippen LogP contribution in [0, 0.1) is 6.92 Å². The fourth-order valence-electron chi connectivity index (χ4n) is 2.18. The number of aromatic nitrogens is 1. The fraction of sp³-hybridized carbons (Fsp3) is 0.643. The van der Waals surface area contributed by atoms with Crippen LogP contribution in [0.2, 0.25) is 0 Å². The molecule has 1 aromatic rings. The van der Waals surface area contributed by atoms with Gasteiger partial charge in [-0.25, -0.2) is 4.98 Å². The standard InChI is InChI=1S/C14H25N3O/c1-5-12(18-7-3)13(16-6-2)11-8-10(4)9-17-14(11)15/h8-9,12-13,16H,5-7H2,1-4H3,(H2,15,17). The predicted molar refractivity (Wildman–Crippen MR) is 75.5 cm³/mol. The molecule has 1 rings (SSSR count). The molecule has 1 heterocycles. The van der Waals surface area contributed by atoms with E-state index in [0.717, 1.165) is 24.1 Å². The van der Waals surface area contributed by atoms with Gasteiger partial charge in [-0.2, -0.15) is 0 Å². The summed E-state index contributed by atoms with van der Waals surface area (Å²) in [4.78, 5) is 4.24. The molecule has 1 aromatic heterocycles. The summed E-state index contributed by atoms with van der Waals surface area (Å²) in [5, 5.41) is 3.46. The van der Waals surface area contributed by atoms with E-state index >= 15 is 0 Å². The zero-order valence-electron chi connectivity index (χ0n) is 11.9. The summed E-state index contributed by atoms with van der Waals surface area (Å²) in [7, 11) is 0. The lowest BCUT2D eigenvalue weighted by atomic mass is 9.98. The van der Waals surface area contributed by atoms with Gasteiger partial charge in [0.05, 0.1) is 12.1 Å². The molecule has 2 atom stereocenters. The maximum Gasteiger partial charge on any atom is 0.128 e. The van der Waals surface area contributed by atoms with Gasteiger partial charge in [-0.05, 0) is 38.4 Å². The molecule has 0 spiro atoms. The Hall–Kier alpha value is -1.13. The van der Waals surface area contributed by atoms with E-state index < -0.39 is 0 Å². The first-order valence-electron chi connectivity index (χ1n) is 6.70. The van der Waals surface area contributed by atoms with Gasteiger partial charge in [-0.15, -0.1) is 0 Å². The lowest BCUT2D eigenvalue weighted by Crippen LogP contribution is -2.34. The Morgan fingerprint density at radius 1 is 1.39 bits per heavy atom. The fourth-order valence-corrected chi connectivity index (χ4v) is 2.18. The first-order valence-corrected chi connectivity index (χ1v) is 6.70. The van der Waals surface area contributed by atoms with Crippen LogP contribution >= 0.6 is 0 Å². The van der Waals surface area contributed by atoms with Crippen LogP contribution in [0.4, 0.5) is 5.82 Å². The minimum atomic E-state index is 0.104. The third kappa shape index (κ3) is 3.68. The van der Waals surface area contributed by atoms with E-state index in [1.54, 1.807) is 6.20 Å². The Kier molecular flexibility index (Phi) is 6.09. The van der Waals surface area contributed by atoms with E-state index in [1.807, 2.05) is 13.8 Å². The predicted octanol–water partition coefficient (Wildman–Crippen LogP) is 2.44. The van der Waals surface area contributed by atoms with Gasteiger partial charge in [0.25, 0.3) is 0 Å². The highest BCUT2D eigenvalue weighted by molar-refractivity contribution is 5.43. The second-order valence-corrected chi connectivity index (χ2v) is 4.42. The molecular weight excluding hydrogens is 226 g/mol. The summed E-state index contributed by atoms with van der Waals surface area (Å²) >= 11 is 0.